The van der Waals surface area contributed by atoms with Gasteiger partial charge in [0.1, 0.15) is 0 Å². The molecule has 18 heavy (non-hydrogen) atoms. The number of aromatic nitrogens is 3. The van der Waals surface area contributed by atoms with Gasteiger partial charge < -0.3 is 5.11 Å². The van der Waals surface area contributed by atoms with E-state index in [0.29, 0.717) is 0 Å². The lowest BCUT2D eigenvalue weighted by Crippen LogP contribution is -2.00. The summed E-state index contributed by atoms with van der Waals surface area (Å²) in [7, 11) is 1.91. The number of carbonyl (C=O) groups is 1. The van der Waals surface area contributed by atoms with Crippen LogP contribution in [0.3, 0.4) is 0 Å². The van der Waals surface area contributed by atoms with Crippen LogP contribution in [-0.4, -0.2) is 31.6 Å². The molecule has 0 saturated carbocycles. The summed E-state index contributed by atoms with van der Waals surface area (Å²) < 4.78 is 1.83. The second kappa shape index (κ2) is 5.68. The summed E-state index contributed by atoms with van der Waals surface area (Å²) in [6.07, 6.45) is 4.17. The van der Waals surface area contributed by atoms with Gasteiger partial charge in [0.25, 0.3) is 0 Å². The average Bonchev–Trinajstić information content (AvgIpc) is 2.76. The van der Waals surface area contributed by atoms with Crippen molar-refractivity contribution < 1.29 is 9.90 Å². The first kappa shape index (κ1) is 12.6. The van der Waals surface area contributed by atoms with Crippen LogP contribution < -0.4 is 0 Å². The fraction of sp³-hybridized carbons (Fsp3) is 0.250. The molecular formula is C12H13N3O2S. The van der Waals surface area contributed by atoms with Crippen LogP contribution in [0, 0.1) is 0 Å². The van der Waals surface area contributed by atoms with Crippen molar-refractivity contribution in [1.29, 1.82) is 0 Å². The van der Waals surface area contributed by atoms with E-state index in [0.717, 1.165) is 22.9 Å². The maximum Gasteiger partial charge on any atom is 0.335 e. The summed E-state index contributed by atoms with van der Waals surface area (Å²) in [6.45, 7) is 0. The van der Waals surface area contributed by atoms with Crippen LogP contribution in [0.25, 0.3) is 0 Å². The Morgan fingerprint density at radius 1 is 1.44 bits per heavy atom. The summed E-state index contributed by atoms with van der Waals surface area (Å²) in [6, 6.07) is 5.06. The van der Waals surface area contributed by atoms with Gasteiger partial charge >= 0.3 is 5.97 Å². The SMILES string of the molecule is Cn1nccc1CCSc1cc(C(=O)O)ccn1. The van der Waals surface area contributed by atoms with Gasteiger partial charge in [-0.1, -0.05) is 0 Å². The number of aryl methyl sites for hydroxylation is 2. The molecule has 0 bridgehead atoms. The molecule has 2 heterocycles. The Morgan fingerprint density at radius 2 is 2.28 bits per heavy atom. The van der Waals surface area contributed by atoms with Crippen molar-refractivity contribution in [3.63, 3.8) is 0 Å². The van der Waals surface area contributed by atoms with Crippen LogP contribution in [0.5, 0.6) is 0 Å². The standard InChI is InChI=1S/C12H13N3O2S/c1-15-10(3-6-14-15)4-7-18-11-8-9(12(16)17)2-5-13-11/h2-3,5-6,8H,4,7H2,1H3,(H,16,17). The first-order valence-electron chi connectivity index (χ1n) is 5.46. The number of aromatic carboxylic acids is 1. The highest BCUT2D eigenvalue weighted by atomic mass is 32.2. The molecule has 94 valence electrons. The maximum absolute atomic E-state index is 10.8. The Kier molecular flexibility index (Phi) is 3.99. The minimum atomic E-state index is -0.925. The van der Waals surface area contributed by atoms with E-state index in [1.54, 1.807) is 24.0 Å². The van der Waals surface area contributed by atoms with Crippen LogP contribution in [0.2, 0.25) is 0 Å². The van der Waals surface area contributed by atoms with Gasteiger partial charge in [0.05, 0.1) is 10.6 Å². The van der Waals surface area contributed by atoms with Crippen molar-refractivity contribution >= 4 is 17.7 Å². The Labute approximate surface area is 109 Å². The van der Waals surface area contributed by atoms with Crippen molar-refractivity contribution in [3.05, 3.63) is 41.9 Å². The molecule has 0 radical (unpaired) electrons. The summed E-state index contributed by atoms with van der Waals surface area (Å²) in [5.74, 6) is -0.0822. The fourth-order valence-electron chi connectivity index (χ4n) is 1.53. The molecule has 0 aromatic carbocycles. The van der Waals surface area contributed by atoms with E-state index < -0.39 is 5.97 Å². The number of hydrogen-bond donors (Lipinski definition) is 1. The van der Waals surface area contributed by atoms with E-state index in [1.165, 1.54) is 12.3 Å². The van der Waals surface area contributed by atoms with E-state index in [1.807, 2.05) is 17.8 Å². The third-order valence-corrected chi connectivity index (χ3v) is 3.44. The van der Waals surface area contributed by atoms with Crippen molar-refractivity contribution in [2.24, 2.45) is 7.05 Å². The molecule has 0 aliphatic carbocycles. The Bertz CT molecular complexity index is 554. The largest absolute Gasteiger partial charge is 0.478 e. The molecule has 0 aliphatic heterocycles. The van der Waals surface area contributed by atoms with E-state index in [2.05, 4.69) is 10.1 Å². The second-order valence-electron chi connectivity index (χ2n) is 3.73. The van der Waals surface area contributed by atoms with E-state index in [9.17, 15) is 4.79 Å². The number of hydrogen-bond acceptors (Lipinski definition) is 4. The predicted octanol–water partition coefficient (Wildman–Crippen LogP) is 1.85. The Balaban J connectivity index is 1.92. The van der Waals surface area contributed by atoms with Gasteiger partial charge in [0.15, 0.2) is 0 Å². The van der Waals surface area contributed by atoms with Crippen LogP contribution in [0.15, 0.2) is 35.6 Å². The number of thioether (sulfide) groups is 1. The quantitative estimate of drug-likeness (QED) is 0.834. The summed E-state index contributed by atoms with van der Waals surface area (Å²) >= 11 is 1.54. The van der Waals surface area contributed by atoms with Crippen molar-refractivity contribution in [2.45, 2.75) is 11.4 Å². The molecule has 0 unspecified atom stereocenters. The smallest absolute Gasteiger partial charge is 0.335 e. The van der Waals surface area contributed by atoms with Gasteiger partial charge in [-0.3, -0.25) is 4.68 Å². The molecule has 2 rings (SSSR count). The second-order valence-corrected chi connectivity index (χ2v) is 4.85. The summed E-state index contributed by atoms with van der Waals surface area (Å²) in [4.78, 5) is 14.9. The molecule has 0 atom stereocenters. The molecule has 5 nitrogen and oxygen atoms in total. The molecule has 2 aromatic heterocycles. The first-order valence-corrected chi connectivity index (χ1v) is 6.44. The monoisotopic (exact) mass is 263 g/mol. The third kappa shape index (κ3) is 3.10. The topological polar surface area (TPSA) is 68.0 Å². The summed E-state index contributed by atoms with van der Waals surface area (Å²) in [5.41, 5.74) is 1.42. The zero-order chi connectivity index (χ0) is 13.0. The number of rotatable bonds is 5. The number of carboxylic acids is 1. The zero-order valence-electron chi connectivity index (χ0n) is 9.91. The van der Waals surface area contributed by atoms with Gasteiger partial charge in [-0.15, -0.1) is 11.8 Å². The van der Waals surface area contributed by atoms with Crippen molar-refractivity contribution in [3.8, 4) is 0 Å². The highest BCUT2D eigenvalue weighted by Gasteiger charge is 2.05. The molecule has 0 amide bonds. The molecule has 1 N–H and O–H groups in total. The molecule has 6 heteroatoms. The van der Waals surface area contributed by atoms with Crippen LogP contribution >= 0.6 is 11.8 Å². The highest BCUT2D eigenvalue weighted by Crippen LogP contribution is 2.17. The zero-order valence-corrected chi connectivity index (χ0v) is 10.7. The number of nitrogens with zero attached hydrogens (tertiary/aromatic N) is 3. The highest BCUT2D eigenvalue weighted by molar-refractivity contribution is 7.99. The van der Waals surface area contributed by atoms with Gasteiger partial charge in [0.2, 0.25) is 0 Å². The lowest BCUT2D eigenvalue weighted by molar-refractivity contribution is 0.0696. The first-order chi connectivity index (χ1) is 8.66. The Morgan fingerprint density at radius 3 is 2.94 bits per heavy atom. The van der Waals surface area contributed by atoms with Crippen molar-refractivity contribution in [1.82, 2.24) is 14.8 Å². The fourth-order valence-corrected chi connectivity index (χ4v) is 2.39. The van der Waals surface area contributed by atoms with E-state index in [4.69, 9.17) is 5.11 Å². The Hall–Kier alpha value is -1.82. The summed E-state index contributed by atoms with van der Waals surface area (Å²) in [5, 5.41) is 13.7. The molecule has 0 spiro atoms. The third-order valence-electron chi connectivity index (χ3n) is 2.51. The number of carboxylic acid groups (broad SMARTS) is 1. The average molecular weight is 263 g/mol. The predicted molar refractivity (Wildman–Crippen MR) is 68.8 cm³/mol. The van der Waals surface area contributed by atoms with Crippen LogP contribution in [0.4, 0.5) is 0 Å². The lowest BCUT2D eigenvalue weighted by Gasteiger charge is -2.02. The normalized spacial score (nSPS) is 10.5. The molecular weight excluding hydrogens is 250 g/mol. The molecule has 0 aliphatic rings. The van der Waals surface area contributed by atoms with Crippen LogP contribution in [-0.2, 0) is 13.5 Å². The van der Waals surface area contributed by atoms with Gasteiger partial charge in [0, 0.05) is 30.9 Å². The number of pyridine rings is 1. The van der Waals surface area contributed by atoms with Gasteiger partial charge in [-0.05, 0) is 24.6 Å². The molecule has 0 fully saturated rings. The van der Waals surface area contributed by atoms with Crippen molar-refractivity contribution in [2.75, 3.05) is 5.75 Å². The van der Waals surface area contributed by atoms with Gasteiger partial charge in [-0.25, -0.2) is 9.78 Å². The minimum absolute atomic E-state index is 0.271. The van der Waals surface area contributed by atoms with Gasteiger partial charge in [-0.2, -0.15) is 5.10 Å². The minimum Gasteiger partial charge on any atom is -0.478 e. The van der Waals surface area contributed by atoms with E-state index >= 15 is 0 Å². The lowest BCUT2D eigenvalue weighted by atomic mass is 10.3. The molecule has 0 saturated heterocycles. The van der Waals surface area contributed by atoms with Crippen LogP contribution in [0.1, 0.15) is 16.1 Å². The van der Waals surface area contributed by atoms with E-state index in [-0.39, 0.29) is 5.56 Å². The molecule has 2 aromatic rings. The maximum atomic E-state index is 10.8.